The number of fused-ring (bicyclic) bond motifs is 1. The van der Waals surface area contributed by atoms with Crippen LogP contribution in [0.2, 0.25) is 0 Å². The molecule has 0 aliphatic heterocycles. The van der Waals surface area contributed by atoms with E-state index in [4.69, 9.17) is 0 Å². The van der Waals surface area contributed by atoms with Gasteiger partial charge in [-0.1, -0.05) is 25.1 Å². The van der Waals surface area contributed by atoms with Crippen molar-refractivity contribution in [3.8, 4) is 0 Å². The van der Waals surface area contributed by atoms with Crippen molar-refractivity contribution in [2.24, 2.45) is 0 Å². The van der Waals surface area contributed by atoms with Crippen LogP contribution in [0, 0.1) is 13.8 Å². The van der Waals surface area contributed by atoms with Gasteiger partial charge >= 0.3 is 0 Å². The van der Waals surface area contributed by atoms with Gasteiger partial charge in [0.25, 0.3) is 5.91 Å². The van der Waals surface area contributed by atoms with Crippen LogP contribution in [0.5, 0.6) is 0 Å². The number of rotatable bonds is 5. The summed E-state index contributed by atoms with van der Waals surface area (Å²) in [6.07, 6.45) is 1.02. The first kappa shape index (κ1) is 15.7. The fraction of sp³-hybridized carbons (Fsp3) is 0.353. The number of nitrogens with zero attached hydrogens (tertiary/aromatic N) is 3. The Balaban J connectivity index is 1.82. The van der Waals surface area contributed by atoms with E-state index in [0.29, 0.717) is 11.4 Å². The SMILES string of the molecule is CCCn1nc(CNC(=O)c2sc(C)nc2C)c2ccccc21. The first-order valence-electron chi connectivity index (χ1n) is 7.76. The lowest BCUT2D eigenvalue weighted by Crippen LogP contribution is -2.23. The third kappa shape index (κ3) is 3.12. The molecule has 2 heterocycles. The fourth-order valence-electron chi connectivity index (χ4n) is 2.70. The van der Waals surface area contributed by atoms with Gasteiger partial charge in [-0.15, -0.1) is 11.3 Å². The van der Waals surface area contributed by atoms with Crippen molar-refractivity contribution < 1.29 is 4.79 Å². The van der Waals surface area contributed by atoms with Crippen molar-refractivity contribution in [3.05, 3.63) is 45.5 Å². The molecule has 0 atom stereocenters. The Hall–Kier alpha value is -2.21. The number of aryl methyl sites for hydroxylation is 3. The van der Waals surface area contributed by atoms with E-state index in [9.17, 15) is 4.79 Å². The summed E-state index contributed by atoms with van der Waals surface area (Å²) in [7, 11) is 0. The molecule has 1 amide bonds. The van der Waals surface area contributed by atoms with Crippen molar-refractivity contribution in [1.29, 1.82) is 0 Å². The lowest BCUT2D eigenvalue weighted by Gasteiger charge is -2.02. The minimum absolute atomic E-state index is 0.0813. The standard InChI is InChI=1S/C17H20N4OS/c1-4-9-21-15-8-6-5-7-13(15)14(20-21)10-18-17(22)16-11(2)19-12(3)23-16/h5-8H,4,9-10H2,1-3H3,(H,18,22). The number of para-hydroxylation sites is 1. The molecular formula is C17H20N4OS. The predicted molar refractivity (Wildman–Crippen MR) is 92.8 cm³/mol. The zero-order valence-corrected chi connectivity index (χ0v) is 14.4. The molecule has 23 heavy (non-hydrogen) atoms. The number of hydrogen-bond donors (Lipinski definition) is 1. The summed E-state index contributed by atoms with van der Waals surface area (Å²) in [6, 6.07) is 8.14. The van der Waals surface area contributed by atoms with Crippen molar-refractivity contribution in [1.82, 2.24) is 20.1 Å². The zero-order chi connectivity index (χ0) is 16.4. The van der Waals surface area contributed by atoms with Crippen LogP contribution < -0.4 is 5.32 Å². The van der Waals surface area contributed by atoms with E-state index >= 15 is 0 Å². The second-order valence-electron chi connectivity index (χ2n) is 5.52. The van der Waals surface area contributed by atoms with Crippen LogP contribution in [0.15, 0.2) is 24.3 Å². The molecule has 0 aliphatic carbocycles. The third-order valence-electron chi connectivity index (χ3n) is 3.70. The Labute approximate surface area is 139 Å². The third-order valence-corrected chi connectivity index (χ3v) is 4.77. The minimum Gasteiger partial charge on any atom is -0.346 e. The molecule has 0 unspecified atom stereocenters. The number of carbonyl (C=O) groups excluding carboxylic acids is 1. The molecule has 3 rings (SSSR count). The number of thiazole rings is 1. The van der Waals surface area contributed by atoms with Crippen LogP contribution in [0.3, 0.4) is 0 Å². The number of nitrogens with one attached hydrogen (secondary N) is 1. The Bertz CT molecular complexity index is 850. The van der Waals surface area contributed by atoms with Crippen LogP contribution in [0.25, 0.3) is 10.9 Å². The van der Waals surface area contributed by atoms with Crippen LogP contribution >= 0.6 is 11.3 Å². The monoisotopic (exact) mass is 328 g/mol. The Morgan fingerprint density at radius 1 is 1.30 bits per heavy atom. The number of benzene rings is 1. The average Bonchev–Trinajstić information content (AvgIpc) is 3.06. The first-order chi connectivity index (χ1) is 11.1. The Kier molecular flexibility index (Phi) is 4.43. The van der Waals surface area contributed by atoms with Gasteiger partial charge in [0.05, 0.1) is 28.5 Å². The molecule has 5 nitrogen and oxygen atoms in total. The van der Waals surface area contributed by atoms with Gasteiger partial charge in [0.2, 0.25) is 0 Å². The molecule has 0 radical (unpaired) electrons. The number of carbonyl (C=O) groups is 1. The van der Waals surface area contributed by atoms with Gasteiger partial charge in [-0.3, -0.25) is 9.48 Å². The van der Waals surface area contributed by atoms with E-state index in [0.717, 1.165) is 40.3 Å². The maximum atomic E-state index is 12.3. The molecule has 0 fully saturated rings. The fourth-order valence-corrected chi connectivity index (χ4v) is 3.53. The van der Waals surface area contributed by atoms with Gasteiger partial charge in [0, 0.05) is 11.9 Å². The van der Waals surface area contributed by atoms with Crippen molar-refractivity contribution in [2.75, 3.05) is 0 Å². The summed E-state index contributed by atoms with van der Waals surface area (Å²) >= 11 is 1.43. The quantitative estimate of drug-likeness (QED) is 0.780. The topological polar surface area (TPSA) is 59.8 Å². The van der Waals surface area contributed by atoms with Crippen LogP contribution in [0.1, 0.15) is 39.4 Å². The summed E-state index contributed by atoms with van der Waals surface area (Å²) in [6.45, 7) is 7.21. The molecule has 1 N–H and O–H groups in total. The Morgan fingerprint density at radius 2 is 2.09 bits per heavy atom. The van der Waals surface area contributed by atoms with Crippen molar-refractivity contribution in [3.63, 3.8) is 0 Å². The highest BCUT2D eigenvalue weighted by molar-refractivity contribution is 7.13. The van der Waals surface area contributed by atoms with Gasteiger partial charge in [0.1, 0.15) is 4.88 Å². The van der Waals surface area contributed by atoms with Crippen LogP contribution in [-0.4, -0.2) is 20.7 Å². The molecule has 120 valence electrons. The number of hydrogen-bond acceptors (Lipinski definition) is 4. The van der Waals surface area contributed by atoms with Gasteiger partial charge in [-0.2, -0.15) is 5.10 Å². The molecule has 3 aromatic rings. The van der Waals surface area contributed by atoms with Crippen LogP contribution in [-0.2, 0) is 13.1 Å². The molecule has 2 aromatic heterocycles. The highest BCUT2D eigenvalue weighted by Crippen LogP contribution is 2.20. The molecule has 0 saturated carbocycles. The molecule has 6 heteroatoms. The molecule has 0 saturated heterocycles. The molecule has 0 spiro atoms. The Morgan fingerprint density at radius 3 is 2.78 bits per heavy atom. The molecule has 1 aromatic carbocycles. The molecule has 0 bridgehead atoms. The summed E-state index contributed by atoms with van der Waals surface area (Å²) in [5.41, 5.74) is 2.80. The summed E-state index contributed by atoms with van der Waals surface area (Å²) in [5.74, 6) is -0.0813. The summed E-state index contributed by atoms with van der Waals surface area (Å²) < 4.78 is 2.01. The van der Waals surface area contributed by atoms with E-state index in [1.165, 1.54) is 11.3 Å². The molecular weight excluding hydrogens is 308 g/mol. The number of amides is 1. The summed E-state index contributed by atoms with van der Waals surface area (Å²) in [5, 5.41) is 9.64. The zero-order valence-electron chi connectivity index (χ0n) is 13.6. The number of aromatic nitrogens is 3. The average molecular weight is 328 g/mol. The van der Waals surface area contributed by atoms with Gasteiger partial charge < -0.3 is 5.32 Å². The predicted octanol–water partition coefficient (Wildman–Crippen LogP) is 3.45. The minimum atomic E-state index is -0.0813. The first-order valence-corrected chi connectivity index (χ1v) is 8.58. The van der Waals surface area contributed by atoms with E-state index in [-0.39, 0.29) is 5.91 Å². The van der Waals surface area contributed by atoms with E-state index < -0.39 is 0 Å². The smallest absolute Gasteiger partial charge is 0.263 e. The lowest BCUT2D eigenvalue weighted by molar-refractivity contribution is 0.0953. The molecule has 0 aliphatic rings. The maximum Gasteiger partial charge on any atom is 0.263 e. The van der Waals surface area contributed by atoms with E-state index in [2.05, 4.69) is 34.5 Å². The maximum absolute atomic E-state index is 12.3. The van der Waals surface area contributed by atoms with Gasteiger partial charge in [-0.25, -0.2) is 4.98 Å². The van der Waals surface area contributed by atoms with E-state index in [1.807, 2.05) is 30.7 Å². The normalized spacial score (nSPS) is 11.1. The van der Waals surface area contributed by atoms with Crippen LogP contribution in [0.4, 0.5) is 0 Å². The van der Waals surface area contributed by atoms with Crippen molar-refractivity contribution >= 4 is 28.1 Å². The van der Waals surface area contributed by atoms with Gasteiger partial charge in [0.15, 0.2) is 0 Å². The lowest BCUT2D eigenvalue weighted by atomic mass is 10.2. The van der Waals surface area contributed by atoms with Crippen molar-refractivity contribution in [2.45, 2.75) is 40.3 Å². The highest BCUT2D eigenvalue weighted by atomic mass is 32.1. The summed E-state index contributed by atoms with van der Waals surface area (Å²) in [4.78, 5) is 17.3. The van der Waals surface area contributed by atoms with E-state index in [1.54, 1.807) is 0 Å². The highest BCUT2D eigenvalue weighted by Gasteiger charge is 2.15. The van der Waals surface area contributed by atoms with Gasteiger partial charge in [-0.05, 0) is 26.3 Å². The second-order valence-corrected chi connectivity index (χ2v) is 6.72. The largest absolute Gasteiger partial charge is 0.346 e. The second kappa shape index (κ2) is 6.50.